The number of carbonyl (C=O) groups is 1. The summed E-state index contributed by atoms with van der Waals surface area (Å²) in [5.74, 6) is 0.967. The lowest BCUT2D eigenvalue weighted by Gasteiger charge is -2.21. The van der Waals surface area contributed by atoms with E-state index in [2.05, 4.69) is 10.6 Å². The zero-order valence-corrected chi connectivity index (χ0v) is 14.5. The Bertz CT molecular complexity index is 465. The highest BCUT2D eigenvalue weighted by Gasteiger charge is 2.22. The monoisotopic (exact) mass is 319 g/mol. The van der Waals surface area contributed by atoms with Gasteiger partial charge in [0, 0.05) is 6.54 Å². The van der Waals surface area contributed by atoms with Crippen molar-refractivity contribution in [2.45, 2.75) is 70.5 Å². The third-order valence-corrected chi connectivity index (χ3v) is 4.75. The number of hydrogen-bond acceptors (Lipinski definition) is 2. The molecule has 0 saturated heterocycles. The van der Waals surface area contributed by atoms with E-state index in [1.54, 1.807) is 7.11 Å². The van der Waals surface area contributed by atoms with Crippen LogP contribution < -0.4 is 15.4 Å². The van der Waals surface area contributed by atoms with Gasteiger partial charge in [0.2, 0.25) is 0 Å². The second kappa shape index (κ2) is 9.56. The van der Waals surface area contributed by atoms with Crippen molar-refractivity contribution in [1.29, 1.82) is 0 Å². The van der Waals surface area contributed by atoms with Crippen molar-refractivity contribution in [3.05, 3.63) is 29.8 Å². The van der Waals surface area contributed by atoms with Gasteiger partial charge in [0.25, 0.3) is 5.91 Å². The van der Waals surface area contributed by atoms with Crippen LogP contribution in [-0.2, 0) is 11.3 Å². The number of hydrogen-bond donors (Lipinski definition) is 2. The summed E-state index contributed by atoms with van der Waals surface area (Å²) in [4.78, 5) is 12.3. The van der Waals surface area contributed by atoms with Gasteiger partial charge in [-0.15, -0.1) is 0 Å². The molecular weight excluding hydrogens is 288 g/mol. The summed E-state index contributed by atoms with van der Waals surface area (Å²) in [6, 6.07) is 8.41. The van der Waals surface area contributed by atoms with Gasteiger partial charge >= 0.3 is 0 Å². The first kappa shape index (κ1) is 17.8. The largest absolute Gasteiger partial charge is 0.497 e. The Kier molecular flexibility index (Phi) is 7.40. The lowest BCUT2D eigenvalue weighted by Crippen LogP contribution is -2.96. The van der Waals surface area contributed by atoms with Crippen LogP contribution in [0.5, 0.6) is 5.75 Å². The fourth-order valence-corrected chi connectivity index (χ4v) is 3.27. The highest BCUT2D eigenvalue weighted by molar-refractivity contribution is 5.79. The molecule has 4 nitrogen and oxygen atoms in total. The molecule has 0 bridgehead atoms. The molecule has 4 heteroatoms. The normalized spacial score (nSPS) is 17.8. The van der Waals surface area contributed by atoms with Crippen molar-refractivity contribution < 1.29 is 14.8 Å². The maximum Gasteiger partial charge on any atom is 0.278 e. The van der Waals surface area contributed by atoms with Crippen LogP contribution in [0.3, 0.4) is 0 Å². The van der Waals surface area contributed by atoms with E-state index in [1.165, 1.54) is 44.9 Å². The van der Waals surface area contributed by atoms with E-state index in [0.29, 0.717) is 12.6 Å². The van der Waals surface area contributed by atoms with Crippen LogP contribution in [0.15, 0.2) is 24.3 Å². The smallest absolute Gasteiger partial charge is 0.278 e. The Hall–Kier alpha value is -1.55. The second-order valence-electron chi connectivity index (χ2n) is 6.65. The van der Waals surface area contributed by atoms with E-state index in [1.807, 2.05) is 31.2 Å². The lowest BCUT2D eigenvalue weighted by molar-refractivity contribution is -0.708. The third kappa shape index (κ3) is 6.22. The minimum absolute atomic E-state index is 0.0160. The second-order valence-corrected chi connectivity index (χ2v) is 6.65. The topological polar surface area (TPSA) is 54.9 Å². The Balaban J connectivity index is 1.74. The van der Waals surface area contributed by atoms with Gasteiger partial charge in [-0.1, -0.05) is 31.4 Å². The molecule has 0 heterocycles. The number of rotatable bonds is 6. The number of nitrogens with one attached hydrogen (secondary N) is 1. The van der Waals surface area contributed by atoms with Crippen LogP contribution >= 0.6 is 0 Å². The number of quaternary nitrogens is 1. The molecule has 0 radical (unpaired) electrons. The molecule has 0 aliphatic heterocycles. The number of amides is 1. The summed E-state index contributed by atoms with van der Waals surface area (Å²) in [6.45, 7) is 2.59. The summed E-state index contributed by atoms with van der Waals surface area (Å²) < 4.78 is 5.14. The molecule has 0 unspecified atom stereocenters. The fourth-order valence-electron chi connectivity index (χ4n) is 3.27. The predicted molar refractivity (Wildman–Crippen MR) is 92.3 cm³/mol. The molecule has 0 aromatic heterocycles. The molecule has 1 aliphatic carbocycles. The maximum atomic E-state index is 12.3. The summed E-state index contributed by atoms with van der Waals surface area (Å²) in [5, 5.41) is 5.32. The minimum Gasteiger partial charge on any atom is -0.497 e. The van der Waals surface area contributed by atoms with Gasteiger partial charge in [0.15, 0.2) is 6.04 Å². The first-order valence-electron chi connectivity index (χ1n) is 8.94. The minimum atomic E-state index is -0.0160. The average Bonchev–Trinajstić information content (AvgIpc) is 2.55. The van der Waals surface area contributed by atoms with Crippen molar-refractivity contribution in [1.82, 2.24) is 5.32 Å². The first-order valence-corrected chi connectivity index (χ1v) is 8.94. The summed E-state index contributed by atoms with van der Waals surface area (Å²) >= 11 is 0. The Morgan fingerprint density at radius 2 is 1.78 bits per heavy atom. The third-order valence-electron chi connectivity index (χ3n) is 4.75. The molecule has 2 rings (SSSR count). The highest BCUT2D eigenvalue weighted by atomic mass is 16.5. The highest BCUT2D eigenvalue weighted by Crippen LogP contribution is 2.15. The van der Waals surface area contributed by atoms with Crippen molar-refractivity contribution >= 4 is 5.91 Å². The van der Waals surface area contributed by atoms with Gasteiger partial charge in [-0.05, 0) is 50.3 Å². The quantitative estimate of drug-likeness (QED) is 0.846. The molecule has 1 fully saturated rings. The van der Waals surface area contributed by atoms with Crippen LogP contribution in [0.4, 0.5) is 0 Å². The molecule has 0 spiro atoms. The van der Waals surface area contributed by atoms with E-state index in [-0.39, 0.29) is 11.9 Å². The standard InChI is InChI=1S/C19H30N2O2/c1-15(21-17-8-6-4-3-5-7-9-17)19(22)20-14-16-10-12-18(23-2)13-11-16/h10-13,15,17,21H,3-9,14H2,1-2H3,(H,20,22)/p+1/t15-/m0/s1. The van der Waals surface area contributed by atoms with Gasteiger partial charge in [-0.25, -0.2) is 0 Å². The lowest BCUT2D eigenvalue weighted by atomic mass is 9.96. The van der Waals surface area contributed by atoms with Gasteiger partial charge in [-0.3, -0.25) is 4.79 Å². The molecule has 1 saturated carbocycles. The Morgan fingerprint density at radius 1 is 1.17 bits per heavy atom. The predicted octanol–water partition coefficient (Wildman–Crippen LogP) is 2.38. The molecule has 23 heavy (non-hydrogen) atoms. The molecule has 1 aliphatic rings. The number of methoxy groups -OCH3 is 1. The molecule has 3 N–H and O–H groups in total. The molecule has 1 aromatic carbocycles. The zero-order valence-electron chi connectivity index (χ0n) is 14.5. The maximum absolute atomic E-state index is 12.3. The van der Waals surface area contributed by atoms with Crippen LogP contribution in [0.25, 0.3) is 0 Å². The summed E-state index contributed by atoms with van der Waals surface area (Å²) in [5.41, 5.74) is 1.09. The van der Waals surface area contributed by atoms with E-state index in [9.17, 15) is 4.79 Å². The van der Waals surface area contributed by atoms with E-state index in [4.69, 9.17) is 4.74 Å². The first-order chi connectivity index (χ1) is 11.2. The summed E-state index contributed by atoms with van der Waals surface area (Å²) in [6.07, 6.45) is 9.18. The molecule has 1 atom stereocenters. The molecule has 128 valence electrons. The van der Waals surface area contributed by atoms with Gasteiger partial charge in [0.1, 0.15) is 5.75 Å². The van der Waals surface area contributed by atoms with Crippen molar-refractivity contribution in [2.24, 2.45) is 0 Å². The van der Waals surface area contributed by atoms with Crippen molar-refractivity contribution in [3.8, 4) is 5.75 Å². The molecule has 1 amide bonds. The van der Waals surface area contributed by atoms with Crippen molar-refractivity contribution in [2.75, 3.05) is 7.11 Å². The number of benzene rings is 1. The van der Waals surface area contributed by atoms with Gasteiger partial charge in [-0.2, -0.15) is 0 Å². The molecule has 1 aromatic rings. The van der Waals surface area contributed by atoms with E-state index < -0.39 is 0 Å². The summed E-state index contributed by atoms with van der Waals surface area (Å²) in [7, 11) is 1.66. The van der Waals surface area contributed by atoms with Crippen LogP contribution in [0, 0.1) is 0 Å². The fraction of sp³-hybridized carbons (Fsp3) is 0.632. The molecular formula is C19H31N2O2+. The number of ether oxygens (including phenoxy) is 1. The van der Waals surface area contributed by atoms with Gasteiger partial charge < -0.3 is 15.4 Å². The van der Waals surface area contributed by atoms with E-state index >= 15 is 0 Å². The van der Waals surface area contributed by atoms with Crippen molar-refractivity contribution in [3.63, 3.8) is 0 Å². The Morgan fingerprint density at radius 3 is 2.39 bits per heavy atom. The zero-order chi connectivity index (χ0) is 16.5. The SMILES string of the molecule is COc1ccc(CNC(=O)[C@H](C)[NH2+]C2CCCCCCC2)cc1. The number of nitrogens with two attached hydrogens (primary N) is 1. The van der Waals surface area contributed by atoms with Crippen LogP contribution in [0.1, 0.15) is 57.4 Å². The Labute approximate surface area is 140 Å². The van der Waals surface area contributed by atoms with Gasteiger partial charge in [0.05, 0.1) is 13.2 Å². The van der Waals surface area contributed by atoms with Crippen LogP contribution in [0.2, 0.25) is 0 Å². The average molecular weight is 319 g/mol. The van der Waals surface area contributed by atoms with Crippen LogP contribution in [-0.4, -0.2) is 25.1 Å². The van der Waals surface area contributed by atoms with E-state index in [0.717, 1.165) is 11.3 Å². The number of carbonyl (C=O) groups excluding carboxylic acids is 1.